The van der Waals surface area contributed by atoms with E-state index in [0.29, 0.717) is 37.5 Å². The van der Waals surface area contributed by atoms with Gasteiger partial charge in [-0.2, -0.15) is 0 Å². The monoisotopic (exact) mass is 316 g/mol. The lowest BCUT2D eigenvalue weighted by molar-refractivity contribution is 0.0893. The molecular weight excluding hydrogens is 300 g/mol. The zero-order valence-electron chi connectivity index (χ0n) is 12.3. The summed E-state index contributed by atoms with van der Waals surface area (Å²) in [5.41, 5.74) is -0.258. The zero-order valence-corrected chi connectivity index (χ0v) is 12.3. The molecule has 1 N–H and O–H groups in total. The van der Waals surface area contributed by atoms with E-state index in [1.54, 1.807) is 12.3 Å². The molecule has 0 aliphatic carbocycles. The van der Waals surface area contributed by atoms with Crippen molar-refractivity contribution in [2.45, 2.75) is 18.9 Å². The Morgan fingerprint density at radius 2 is 2.09 bits per heavy atom. The maximum absolute atomic E-state index is 12.2. The molecule has 1 saturated heterocycles. The number of hydrogen-bond acceptors (Lipinski definition) is 5. The van der Waals surface area contributed by atoms with Crippen LogP contribution in [0.5, 0.6) is 5.75 Å². The lowest BCUT2D eigenvalue weighted by Crippen LogP contribution is -2.41. The summed E-state index contributed by atoms with van der Waals surface area (Å²) in [7, 11) is 0. The van der Waals surface area contributed by atoms with E-state index in [2.05, 4.69) is 9.97 Å². The van der Waals surface area contributed by atoms with E-state index in [4.69, 9.17) is 9.84 Å². The average Bonchev–Trinajstić information content (AvgIpc) is 2.56. The van der Waals surface area contributed by atoms with Crippen LogP contribution in [0.1, 0.15) is 12.8 Å². The van der Waals surface area contributed by atoms with Crippen molar-refractivity contribution in [2.75, 3.05) is 13.1 Å². The number of nitrogens with zero attached hydrogens (tertiary/aromatic N) is 4. The topological polar surface area (TPSA) is 97.6 Å². The van der Waals surface area contributed by atoms with E-state index in [-0.39, 0.29) is 11.7 Å². The van der Waals surface area contributed by atoms with Gasteiger partial charge in [-0.3, -0.25) is 14.3 Å². The number of likely N-dealkylation sites (tertiary alicyclic amines) is 1. The van der Waals surface area contributed by atoms with Crippen molar-refractivity contribution in [1.82, 2.24) is 19.4 Å². The second-order valence-corrected chi connectivity index (χ2v) is 5.22. The fraction of sp³-hybridized carbons (Fsp3) is 0.333. The van der Waals surface area contributed by atoms with Gasteiger partial charge < -0.3 is 14.7 Å². The Hall–Kier alpha value is -2.90. The molecule has 0 radical (unpaired) electrons. The summed E-state index contributed by atoms with van der Waals surface area (Å²) in [6, 6.07) is 3.10. The largest absolute Gasteiger partial charge is 0.490 e. The van der Waals surface area contributed by atoms with Crippen LogP contribution in [0.4, 0.5) is 4.79 Å². The van der Waals surface area contributed by atoms with Crippen molar-refractivity contribution in [3.05, 3.63) is 47.3 Å². The number of amides is 1. The number of ether oxygens (including phenoxy) is 1. The van der Waals surface area contributed by atoms with Gasteiger partial charge in [0.25, 0.3) is 5.56 Å². The minimum Gasteiger partial charge on any atom is -0.490 e. The van der Waals surface area contributed by atoms with Crippen molar-refractivity contribution in [3.63, 3.8) is 0 Å². The average molecular weight is 316 g/mol. The Bertz CT molecular complexity index is 739. The number of rotatable bonds is 3. The summed E-state index contributed by atoms with van der Waals surface area (Å²) in [6.07, 6.45) is 6.38. The summed E-state index contributed by atoms with van der Waals surface area (Å²) < 4.78 is 7.17. The third-order valence-electron chi connectivity index (χ3n) is 3.70. The van der Waals surface area contributed by atoms with Gasteiger partial charge >= 0.3 is 6.09 Å². The smallest absolute Gasteiger partial charge is 0.407 e. The molecule has 2 aromatic heterocycles. The predicted molar refractivity (Wildman–Crippen MR) is 80.9 cm³/mol. The molecule has 3 heterocycles. The molecule has 1 amide bonds. The predicted octanol–water partition coefficient (Wildman–Crippen LogP) is 1.15. The number of piperidine rings is 1. The first kappa shape index (κ1) is 15.0. The highest BCUT2D eigenvalue weighted by molar-refractivity contribution is 5.65. The van der Waals surface area contributed by atoms with Crippen LogP contribution in [0.25, 0.3) is 5.82 Å². The Kier molecular flexibility index (Phi) is 4.22. The van der Waals surface area contributed by atoms with E-state index in [0.717, 1.165) is 0 Å². The van der Waals surface area contributed by atoms with Gasteiger partial charge in [0.05, 0.1) is 6.20 Å². The summed E-state index contributed by atoms with van der Waals surface area (Å²) >= 11 is 0. The van der Waals surface area contributed by atoms with Gasteiger partial charge in [-0.25, -0.2) is 9.78 Å². The molecule has 2 aromatic rings. The van der Waals surface area contributed by atoms with Gasteiger partial charge in [0.2, 0.25) is 0 Å². The molecule has 8 heteroatoms. The molecule has 0 aromatic carbocycles. The van der Waals surface area contributed by atoms with E-state index < -0.39 is 6.09 Å². The van der Waals surface area contributed by atoms with E-state index in [1.807, 2.05) is 0 Å². The van der Waals surface area contributed by atoms with Gasteiger partial charge in [-0.15, -0.1) is 0 Å². The zero-order chi connectivity index (χ0) is 16.2. The highest BCUT2D eigenvalue weighted by Gasteiger charge is 2.23. The first-order chi connectivity index (χ1) is 11.1. The summed E-state index contributed by atoms with van der Waals surface area (Å²) in [5.74, 6) is 0.919. The first-order valence-electron chi connectivity index (χ1n) is 7.27. The van der Waals surface area contributed by atoms with Gasteiger partial charge in [-0.1, -0.05) is 0 Å². The van der Waals surface area contributed by atoms with Crippen molar-refractivity contribution >= 4 is 6.09 Å². The second kappa shape index (κ2) is 6.47. The fourth-order valence-electron chi connectivity index (χ4n) is 2.50. The Morgan fingerprint density at radius 3 is 2.70 bits per heavy atom. The number of pyridine rings is 1. The van der Waals surface area contributed by atoms with Crippen LogP contribution in [-0.4, -0.2) is 49.8 Å². The molecule has 1 aliphatic rings. The molecule has 1 aliphatic heterocycles. The highest BCUT2D eigenvalue weighted by Crippen LogP contribution is 2.18. The third-order valence-corrected chi connectivity index (χ3v) is 3.70. The quantitative estimate of drug-likeness (QED) is 0.912. The van der Waals surface area contributed by atoms with E-state index in [1.165, 1.54) is 34.1 Å². The lowest BCUT2D eigenvalue weighted by atomic mass is 10.1. The normalized spacial score (nSPS) is 15.4. The second-order valence-electron chi connectivity index (χ2n) is 5.22. The Balaban J connectivity index is 1.68. The van der Waals surface area contributed by atoms with Gasteiger partial charge in [-0.05, 0) is 6.07 Å². The molecule has 0 atom stereocenters. The lowest BCUT2D eigenvalue weighted by Gasteiger charge is -2.30. The van der Waals surface area contributed by atoms with Gasteiger partial charge in [0, 0.05) is 50.6 Å². The van der Waals surface area contributed by atoms with Crippen molar-refractivity contribution < 1.29 is 14.6 Å². The van der Waals surface area contributed by atoms with Crippen LogP contribution in [0, 0.1) is 0 Å². The van der Waals surface area contributed by atoms with Crippen LogP contribution in [0.2, 0.25) is 0 Å². The SMILES string of the molecule is O=C(O)N1CCC(Oc2ccn(-c3cnccn3)c(=O)c2)CC1. The van der Waals surface area contributed by atoms with E-state index >= 15 is 0 Å². The summed E-state index contributed by atoms with van der Waals surface area (Å²) in [6.45, 7) is 0.882. The van der Waals surface area contributed by atoms with Crippen LogP contribution in [0.3, 0.4) is 0 Å². The molecule has 0 bridgehead atoms. The maximum Gasteiger partial charge on any atom is 0.407 e. The van der Waals surface area contributed by atoms with Crippen LogP contribution >= 0.6 is 0 Å². The molecule has 1 fully saturated rings. The molecule has 0 unspecified atom stereocenters. The molecule has 8 nitrogen and oxygen atoms in total. The van der Waals surface area contributed by atoms with Crippen molar-refractivity contribution in [2.24, 2.45) is 0 Å². The van der Waals surface area contributed by atoms with Crippen molar-refractivity contribution in [3.8, 4) is 11.6 Å². The van der Waals surface area contributed by atoms with Crippen LogP contribution in [0.15, 0.2) is 41.7 Å². The molecule has 23 heavy (non-hydrogen) atoms. The minimum atomic E-state index is -0.907. The summed E-state index contributed by atoms with van der Waals surface area (Å²) in [4.78, 5) is 32.4. The van der Waals surface area contributed by atoms with Crippen LogP contribution < -0.4 is 10.3 Å². The summed E-state index contributed by atoms with van der Waals surface area (Å²) in [5, 5.41) is 8.92. The highest BCUT2D eigenvalue weighted by atomic mass is 16.5. The fourth-order valence-corrected chi connectivity index (χ4v) is 2.50. The van der Waals surface area contributed by atoms with Gasteiger partial charge in [0.1, 0.15) is 11.9 Å². The molecule has 0 spiro atoms. The van der Waals surface area contributed by atoms with Crippen molar-refractivity contribution in [1.29, 1.82) is 0 Å². The maximum atomic E-state index is 12.2. The van der Waals surface area contributed by atoms with Crippen LogP contribution in [-0.2, 0) is 0 Å². The molecule has 120 valence electrons. The molecular formula is C15H16N4O4. The number of aromatic nitrogens is 3. The Labute approximate surface area is 132 Å². The number of carbonyl (C=O) groups is 1. The Morgan fingerprint density at radius 1 is 1.30 bits per heavy atom. The minimum absolute atomic E-state index is 0.0858. The van der Waals surface area contributed by atoms with E-state index in [9.17, 15) is 9.59 Å². The third kappa shape index (κ3) is 3.47. The van der Waals surface area contributed by atoms with Gasteiger partial charge in [0.15, 0.2) is 5.82 Å². The standard InChI is InChI=1S/C15H16N4O4/c20-14-9-12(3-8-19(14)13-10-16-4-5-17-13)23-11-1-6-18(7-2-11)15(21)22/h3-5,8-11H,1-2,6-7H2,(H,21,22). The molecule has 0 saturated carbocycles. The number of hydrogen-bond donors (Lipinski definition) is 1. The molecule has 3 rings (SSSR count). The number of carboxylic acid groups (broad SMARTS) is 1. The first-order valence-corrected chi connectivity index (χ1v) is 7.27.